The van der Waals surface area contributed by atoms with E-state index >= 15 is 0 Å². The molecule has 0 aliphatic carbocycles. The Labute approximate surface area is 147 Å². The average molecular weight is 434 g/mol. The minimum absolute atomic E-state index is 0. The highest BCUT2D eigenvalue weighted by Gasteiger charge is 2.13. The van der Waals surface area contributed by atoms with E-state index in [-0.39, 0.29) is 29.7 Å². The zero-order valence-electron chi connectivity index (χ0n) is 13.5. The summed E-state index contributed by atoms with van der Waals surface area (Å²) in [7, 11) is -1.49. The first kappa shape index (κ1) is 23.2. The highest BCUT2D eigenvalue weighted by molar-refractivity contribution is 14.0. The van der Waals surface area contributed by atoms with Gasteiger partial charge < -0.3 is 11.1 Å². The normalized spacial score (nSPS) is 12.3. The smallest absolute Gasteiger partial charge is 0.213 e. The Morgan fingerprint density at radius 2 is 1.86 bits per heavy atom. The standard InChI is InChI=1S/C13H30N4O2S.HI/c1-4-6-7-8-10-15-13(14)16-11-9-12-17(3)20(18,19)5-2;/h4-12H2,1-3H3,(H3,14,15,16);1H. The Morgan fingerprint density at radius 1 is 1.19 bits per heavy atom. The van der Waals surface area contributed by atoms with E-state index in [2.05, 4.69) is 17.2 Å². The van der Waals surface area contributed by atoms with Gasteiger partial charge in [-0.15, -0.1) is 24.0 Å². The molecular weight excluding hydrogens is 403 g/mol. The zero-order valence-corrected chi connectivity index (χ0v) is 16.6. The Balaban J connectivity index is 0. The number of hydrogen-bond donors (Lipinski definition) is 2. The molecule has 3 N–H and O–H groups in total. The summed E-state index contributed by atoms with van der Waals surface area (Å²) in [5, 5.41) is 3.07. The van der Waals surface area contributed by atoms with Crippen LogP contribution in [0, 0.1) is 0 Å². The van der Waals surface area contributed by atoms with Gasteiger partial charge >= 0.3 is 0 Å². The maximum absolute atomic E-state index is 11.5. The van der Waals surface area contributed by atoms with Gasteiger partial charge in [0.25, 0.3) is 0 Å². The molecule has 0 unspecified atom stereocenters. The van der Waals surface area contributed by atoms with Gasteiger partial charge in [0.05, 0.1) is 5.75 Å². The van der Waals surface area contributed by atoms with Crippen LogP contribution in [-0.2, 0) is 10.0 Å². The van der Waals surface area contributed by atoms with E-state index in [1.54, 1.807) is 14.0 Å². The van der Waals surface area contributed by atoms with Crippen LogP contribution in [-0.4, -0.2) is 51.1 Å². The molecule has 0 atom stereocenters. The second kappa shape index (κ2) is 13.6. The molecule has 8 heteroatoms. The van der Waals surface area contributed by atoms with Gasteiger partial charge in [0, 0.05) is 26.7 Å². The van der Waals surface area contributed by atoms with Crippen LogP contribution in [0.25, 0.3) is 0 Å². The molecule has 0 amide bonds. The summed E-state index contributed by atoms with van der Waals surface area (Å²) in [6.45, 7) is 5.68. The average Bonchev–Trinajstić information content (AvgIpc) is 2.43. The van der Waals surface area contributed by atoms with Crippen LogP contribution < -0.4 is 11.1 Å². The molecule has 0 radical (unpaired) electrons. The van der Waals surface area contributed by atoms with Gasteiger partial charge in [0.15, 0.2) is 5.96 Å². The Bertz CT molecular complexity index is 374. The molecule has 0 aromatic carbocycles. The molecule has 128 valence electrons. The molecule has 0 saturated carbocycles. The van der Waals surface area contributed by atoms with Crippen molar-refractivity contribution in [2.75, 3.05) is 32.4 Å². The molecule has 0 aliphatic rings. The number of aliphatic imine (C=N–C) groups is 1. The summed E-state index contributed by atoms with van der Waals surface area (Å²) < 4.78 is 24.4. The molecule has 0 bridgehead atoms. The topological polar surface area (TPSA) is 87.8 Å². The van der Waals surface area contributed by atoms with E-state index in [9.17, 15) is 8.42 Å². The van der Waals surface area contributed by atoms with Crippen LogP contribution in [0.2, 0.25) is 0 Å². The minimum atomic E-state index is -3.08. The van der Waals surface area contributed by atoms with Crippen molar-refractivity contribution in [3.8, 4) is 0 Å². The van der Waals surface area contributed by atoms with Gasteiger partial charge in [-0.2, -0.15) is 0 Å². The second-order valence-electron chi connectivity index (χ2n) is 4.83. The van der Waals surface area contributed by atoms with Crippen molar-refractivity contribution in [2.45, 2.75) is 46.0 Å². The third-order valence-corrected chi connectivity index (χ3v) is 4.95. The number of guanidine groups is 1. The summed E-state index contributed by atoms with van der Waals surface area (Å²) in [6, 6.07) is 0. The van der Waals surface area contributed by atoms with Gasteiger partial charge in [-0.1, -0.05) is 26.2 Å². The van der Waals surface area contributed by atoms with Gasteiger partial charge in [0.1, 0.15) is 0 Å². The van der Waals surface area contributed by atoms with Crippen molar-refractivity contribution in [3.63, 3.8) is 0 Å². The number of nitrogens with two attached hydrogens (primary N) is 1. The number of halogens is 1. The molecule has 21 heavy (non-hydrogen) atoms. The number of rotatable bonds is 11. The molecule has 0 aromatic rings. The second-order valence-corrected chi connectivity index (χ2v) is 7.19. The first-order valence-corrected chi connectivity index (χ1v) is 9.02. The summed E-state index contributed by atoms with van der Waals surface area (Å²) in [4.78, 5) is 4.18. The molecule has 0 rings (SSSR count). The van der Waals surface area contributed by atoms with Crippen molar-refractivity contribution in [1.29, 1.82) is 0 Å². The summed E-state index contributed by atoms with van der Waals surface area (Å²) in [5.41, 5.74) is 5.72. The number of unbranched alkanes of at least 4 members (excludes halogenated alkanes) is 3. The third-order valence-electron chi connectivity index (χ3n) is 3.09. The maximum Gasteiger partial charge on any atom is 0.213 e. The molecule has 0 fully saturated rings. The monoisotopic (exact) mass is 434 g/mol. The number of nitrogens with one attached hydrogen (secondary N) is 1. The first-order chi connectivity index (χ1) is 9.44. The van der Waals surface area contributed by atoms with E-state index in [0.29, 0.717) is 25.5 Å². The maximum atomic E-state index is 11.5. The quantitative estimate of drug-likeness (QED) is 0.225. The van der Waals surface area contributed by atoms with Crippen molar-refractivity contribution in [3.05, 3.63) is 0 Å². The minimum Gasteiger partial charge on any atom is -0.370 e. The molecular formula is C13H31IN4O2S. The van der Waals surface area contributed by atoms with Crippen LogP contribution in [0.3, 0.4) is 0 Å². The van der Waals surface area contributed by atoms with Crippen molar-refractivity contribution in [1.82, 2.24) is 9.62 Å². The van der Waals surface area contributed by atoms with Gasteiger partial charge in [-0.3, -0.25) is 4.99 Å². The lowest BCUT2D eigenvalue weighted by Gasteiger charge is -2.14. The Kier molecular flexibility index (Phi) is 15.0. The SMILES string of the molecule is CCCCCCNC(N)=NCCCN(C)S(=O)(=O)CC.I. The fourth-order valence-electron chi connectivity index (χ4n) is 1.68. The van der Waals surface area contributed by atoms with Crippen molar-refractivity contribution in [2.24, 2.45) is 10.7 Å². The number of nitrogens with zero attached hydrogens (tertiary/aromatic N) is 2. The highest BCUT2D eigenvalue weighted by atomic mass is 127. The van der Waals surface area contributed by atoms with Crippen molar-refractivity contribution < 1.29 is 8.42 Å². The fraction of sp³-hybridized carbons (Fsp3) is 0.923. The molecule has 0 aliphatic heterocycles. The van der Waals surface area contributed by atoms with E-state index < -0.39 is 10.0 Å². The van der Waals surface area contributed by atoms with Gasteiger partial charge in [-0.25, -0.2) is 12.7 Å². The lowest BCUT2D eigenvalue weighted by molar-refractivity contribution is 0.465. The Hall–Kier alpha value is -0.0900. The van der Waals surface area contributed by atoms with Crippen LogP contribution in [0.5, 0.6) is 0 Å². The third kappa shape index (κ3) is 12.2. The fourth-order valence-corrected chi connectivity index (χ4v) is 2.52. The van der Waals surface area contributed by atoms with Gasteiger partial charge in [0.2, 0.25) is 10.0 Å². The predicted molar refractivity (Wildman–Crippen MR) is 101 cm³/mol. The molecule has 0 spiro atoms. The Morgan fingerprint density at radius 3 is 2.43 bits per heavy atom. The summed E-state index contributed by atoms with van der Waals surface area (Å²) in [5.74, 6) is 0.580. The molecule has 0 heterocycles. The van der Waals surface area contributed by atoms with E-state index in [1.165, 1.54) is 23.6 Å². The van der Waals surface area contributed by atoms with Gasteiger partial charge in [-0.05, 0) is 19.8 Å². The predicted octanol–water partition coefficient (Wildman–Crippen LogP) is 1.76. The first-order valence-electron chi connectivity index (χ1n) is 7.41. The van der Waals surface area contributed by atoms with Crippen LogP contribution >= 0.6 is 24.0 Å². The zero-order chi connectivity index (χ0) is 15.4. The lowest BCUT2D eigenvalue weighted by atomic mass is 10.2. The lowest BCUT2D eigenvalue weighted by Crippen LogP contribution is -2.33. The van der Waals surface area contributed by atoms with E-state index in [1.807, 2.05) is 0 Å². The highest BCUT2D eigenvalue weighted by Crippen LogP contribution is 1.99. The number of hydrogen-bond acceptors (Lipinski definition) is 3. The largest absolute Gasteiger partial charge is 0.370 e. The number of sulfonamides is 1. The van der Waals surface area contributed by atoms with Crippen LogP contribution in [0.4, 0.5) is 0 Å². The van der Waals surface area contributed by atoms with E-state index in [0.717, 1.165) is 13.0 Å². The summed E-state index contributed by atoms with van der Waals surface area (Å²) in [6.07, 6.45) is 5.45. The van der Waals surface area contributed by atoms with Crippen LogP contribution in [0.1, 0.15) is 46.0 Å². The molecule has 6 nitrogen and oxygen atoms in total. The van der Waals surface area contributed by atoms with Crippen LogP contribution in [0.15, 0.2) is 4.99 Å². The van der Waals surface area contributed by atoms with Crippen molar-refractivity contribution >= 4 is 40.0 Å². The summed E-state index contributed by atoms with van der Waals surface area (Å²) >= 11 is 0. The molecule has 0 saturated heterocycles. The van der Waals surface area contributed by atoms with E-state index in [4.69, 9.17) is 5.73 Å². The molecule has 0 aromatic heterocycles.